The lowest BCUT2D eigenvalue weighted by Gasteiger charge is -2.10. The third-order valence-electron chi connectivity index (χ3n) is 2.33. The summed E-state index contributed by atoms with van der Waals surface area (Å²) in [5.74, 6) is 2.97. The summed E-state index contributed by atoms with van der Waals surface area (Å²) >= 11 is 0. The van der Waals surface area contributed by atoms with Crippen LogP contribution in [0.15, 0.2) is 24.3 Å². The third kappa shape index (κ3) is 4.89. The molecule has 0 amide bonds. The molecule has 1 aromatic rings. The number of methoxy groups -OCH3 is 1. The van der Waals surface area contributed by atoms with Gasteiger partial charge in [0.25, 0.3) is 0 Å². The van der Waals surface area contributed by atoms with Crippen LogP contribution in [0.3, 0.4) is 0 Å². The van der Waals surface area contributed by atoms with Crippen LogP contribution in [0.25, 0.3) is 0 Å². The van der Waals surface area contributed by atoms with Crippen LogP contribution in [-0.2, 0) is 16.1 Å². The molecule has 1 rings (SSSR count). The van der Waals surface area contributed by atoms with E-state index in [0.717, 1.165) is 11.3 Å². The Kier molecular flexibility index (Phi) is 6.37. The molecule has 4 heteroatoms. The fourth-order valence-electron chi connectivity index (χ4n) is 1.43. The fourth-order valence-corrected chi connectivity index (χ4v) is 1.43. The van der Waals surface area contributed by atoms with Gasteiger partial charge < -0.3 is 14.8 Å². The van der Waals surface area contributed by atoms with Gasteiger partial charge >= 0.3 is 5.97 Å². The first-order valence-corrected chi connectivity index (χ1v) is 5.69. The van der Waals surface area contributed by atoms with E-state index >= 15 is 0 Å². The van der Waals surface area contributed by atoms with Gasteiger partial charge in [-0.2, -0.15) is 0 Å². The zero-order chi connectivity index (χ0) is 13.2. The minimum atomic E-state index is -0.223. The van der Waals surface area contributed by atoms with Crippen molar-refractivity contribution in [1.29, 1.82) is 0 Å². The maximum Gasteiger partial charge on any atom is 0.306 e. The van der Waals surface area contributed by atoms with E-state index in [9.17, 15) is 4.79 Å². The average molecular weight is 247 g/mol. The molecule has 4 nitrogen and oxygen atoms in total. The van der Waals surface area contributed by atoms with Crippen molar-refractivity contribution >= 4 is 5.97 Å². The van der Waals surface area contributed by atoms with Gasteiger partial charge in [-0.3, -0.25) is 4.79 Å². The zero-order valence-corrected chi connectivity index (χ0v) is 10.4. The van der Waals surface area contributed by atoms with Crippen LogP contribution < -0.4 is 10.1 Å². The number of para-hydroxylation sites is 1. The topological polar surface area (TPSA) is 47.6 Å². The number of terminal acetylenes is 1. The van der Waals surface area contributed by atoms with E-state index in [0.29, 0.717) is 19.5 Å². The molecule has 0 saturated carbocycles. The standard InChI is InChI=1S/C14H17NO3/c1-3-10-18-13-7-5-4-6-12(13)11-15-9-8-14(16)17-2/h1,4-7,15H,8-11H2,2H3. The second-order valence-electron chi connectivity index (χ2n) is 3.60. The van der Waals surface area contributed by atoms with Crippen molar-refractivity contribution in [2.75, 3.05) is 20.3 Å². The molecule has 0 aliphatic heterocycles. The highest BCUT2D eigenvalue weighted by atomic mass is 16.5. The number of carbonyl (C=O) groups excluding carboxylic acids is 1. The van der Waals surface area contributed by atoms with Gasteiger partial charge in [0.2, 0.25) is 0 Å². The normalized spacial score (nSPS) is 9.56. The number of hydrogen-bond donors (Lipinski definition) is 1. The number of ether oxygens (including phenoxy) is 2. The van der Waals surface area contributed by atoms with E-state index in [4.69, 9.17) is 11.2 Å². The van der Waals surface area contributed by atoms with Gasteiger partial charge in [-0.25, -0.2) is 0 Å². The number of carbonyl (C=O) groups is 1. The molecule has 1 aromatic carbocycles. The van der Waals surface area contributed by atoms with Crippen LogP contribution in [0, 0.1) is 12.3 Å². The lowest BCUT2D eigenvalue weighted by Crippen LogP contribution is -2.18. The Hall–Kier alpha value is -1.99. The first kappa shape index (κ1) is 14.1. The van der Waals surface area contributed by atoms with Gasteiger partial charge in [-0.1, -0.05) is 24.1 Å². The smallest absolute Gasteiger partial charge is 0.306 e. The Labute approximate surface area is 107 Å². The molecule has 0 atom stereocenters. The summed E-state index contributed by atoms with van der Waals surface area (Å²) in [6.07, 6.45) is 5.51. The lowest BCUT2D eigenvalue weighted by molar-refractivity contribution is -0.140. The molecule has 0 spiro atoms. The molecule has 0 fully saturated rings. The van der Waals surface area contributed by atoms with Crippen molar-refractivity contribution in [1.82, 2.24) is 5.32 Å². The number of nitrogens with one attached hydrogen (secondary N) is 1. The monoisotopic (exact) mass is 247 g/mol. The van der Waals surface area contributed by atoms with Crippen molar-refractivity contribution in [3.05, 3.63) is 29.8 Å². The Balaban J connectivity index is 2.41. The number of rotatable bonds is 7. The molecule has 0 bridgehead atoms. The largest absolute Gasteiger partial charge is 0.481 e. The van der Waals surface area contributed by atoms with Gasteiger partial charge in [0.1, 0.15) is 12.4 Å². The molecule has 1 N–H and O–H groups in total. The molecule has 0 heterocycles. The van der Waals surface area contributed by atoms with Crippen LogP contribution in [-0.4, -0.2) is 26.2 Å². The van der Waals surface area contributed by atoms with Gasteiger partial charge in [0.05, 0.1) is 13.5 Å². The molecule has 0 saturated heterocycles. The van der Waals surface area contributed by atoms with Gasteiger partial charge in [-0.05, 0) is 6.07 Å². The SMILES string of the molecule is C#CCOc1ccccc1CNCCC(=O)OC. The summed E-state index contributed by atoms with van der Waals surface area (Å²) in [7, 11) is 1.38. The second-order valence-corrected chi connectivity index (χ2v) is 3.60. The average Bonchev–Trinajstić information content (AvgIpc) is 2.42. The van der Waals surface area contributed by atoms with E-state index in [2.05, 4.69) is 16.0 Å². The molecule has 0 aromatic heterocycles. The predicted octanol–water partition coefficient (Wildman–Crippen LogP) is 1.35. The van der Waals surface area contributed by atoms with E-state index in [1.807, 2.05) is 24.3 Å². The lowest BCUT2D eigenvalue weighted by atomic mass is 10.2. The van der Waals surface area contributed by atoms with Crippen molar-refractivity contribution in [3.63, 3.8) is 0 Å². The summed E-state index contributed by atoms with van der Waals surface area (Å²) < 4.78 is 9.97. The molecular formula is C14H17NO3. The fraction of sp³-hybridized carbons (Fsp3) is 0.357. The number of esters is 1. The van der Waals surface area contributed by atoms with Gasteiger partial charge in [0.15, 0.2) is 0 Å². The van der Waals surface area contributed by atoms with E-state index in [-0.39, 0.29) is 12.6 Å². The molecule has 18 heavy (non-hydrogen) atoms. The molecule has 0 aliphatic carbocycles. The summed E-state index contributed by atoms with van der Waals surface area (Å²) in [6.45, 7) is 1.44. The van der Waals surface area contributed by atoms with Crippen molar-refractivity contribution in [2.45, 2.75) is 13.0 Å². The predicted molar refractivity (Wildman–Crippen MR) is 69.1 cm³/mol. The quantitative estimate of drug-likeness (QED) is 0.449. The molecule has 0 radical (unpaired) electrons. The van der Waals surface area contributed by atoms with Gasteiger partial charge in [-0.15, -0.1) is 6.42 Å². The summed E-state index contributed by atoms with van der Waals surface area (Å²) in [6, 6.07) is 7.65. The molecule has 96 valence electrons. The van der Waals surface area contributed by atoms with Crippen LogP contribution in [0.4, 0.5) is 0 Å². The number of hydrogen-bond acceptors (Lipinski definition) is 4. The van der Waals surface area contributed by atoms with Crippen LogP contribution in [0.2, 0.25) is 0 Å². The van der Waals surface area contributed by atoms with Crippen molar-refractivity contribution in [3.8, 4) is 18.1 Å². The Morgan fingerprint density at radius 1 is 1.44 bits per heavy atom. The summed E-state index contributed by atoms with van der Waals surface area (Å²) in [5.41, 5.74) is 1.01. The van der Waals surface area contributed by atoms with E-state index in [1.54, 1.807) is 0 Å². The summed E-state index contributed by atoms with van der Waals surface area (Å²) in [4.78, 5) is 10.9. The molecule has 0 unspecified atom stereocenters. The Morgan fingerprint density at radius 2 is 2.22 bits per heavy atom. The first-order chi connectivity index (χ1) is 8.77. The molecular weight excluding hydrogens is 230 g/mol. The van der Waals surface area contributed by atoms with Crippen LogP contribution in [0.5, 0.6) is 5.75 Å². The van der Waals surface area contributed by atoms with E-state index < -0.39 is 0 Å². The Morgan fingerprint density at radius 3 is 2.94 bits per heavy atom. The van der Waals surface area contributed by atoms with Gasteiger partial charge in [0, 0.05) is 18.7 Å². The molecule has 0 aliphatic rings. The maximum absolute atomic E-state index is 10.9. The zero-order valence-electron chi connectivity index (χ0n) is 10.4. The number of benzene rings is 1. The van der Waals surface area contributed by atoms with E-state index in [1.165, 1.54) is 7.11 Å². The maximum atomic E-state index is 10.9. The van der Waals surface area contributed by atoms with Crippen LogP contribution >= 0.6 is 0 Å². The Bertz CT molecular complexity index is 423. The van der Waals surface area contributed by atoms with Crippen molar-refractivity contribution in [2.24, 2.45) is 0 Å². The highest BCUT2D eigenvalue weighted by Gasteiger charge is 2.03. The van der Waals surface area contributed by atoms with Crippen molar-refractivity contribution < 1.29 is 14.3 Å². The second kappa shape index (κ2) is 8.15. The minimum absolute atomic E-state index is 0.223. The highest BCUT2D eigenvalue weighted by molar-refractivity contribution is 5.69. The van der Waals surface area contributed by atoms with Crippen LogP contribution in [0.1, 0.15) is 12.0 Å². The first-order valence-electron chi connectivity index (χ1n) is 5.69. The summed E-state index contributed by atoms with van der Waals surface area (Å²) in [5, 5.41) is 3.15. The third-order valence-corrected chi connectivity index (χ3v) is 2.33. The minimum Gasteiger partial charge on any atom is -0.481 e. The highest BCUT2D eigenvalue weighted by Crippen LogP contribution is 2.17.